The van der Waals surface area contributed by atoms with Crippen LogP contribution in [-0.4, -0.2) is 142 Å². The van der Waals surface area contributed by atoms with Gasteiger partial charge in [0.2, 0.25) is 17.7 Å². The number of hydrogen-bond donors (Lipinski definition) is 5. The summed E-state index contributed by atoms with van der Waals surface area (Å²) in [5.74, 6) is -0.160. The molecule has 7 rings (SSSR count). The molecule has 3 aliphatic heterocycles. The number of amides is 3. The number of anilines is 2. The Morgan fingerprint density at radius 1 is 1.01 bits per heavy atom. The van der Waals surface area contributed by atoms with Crippen LogP contribution in [0.15, 0.2) is 66.0 Å². The van der Waals surface area contributed by atoms with Gasteiger partial charge in [-0.2, -0.15) is 5.10 Å². The van der Waals surface area contributed by atoms with E-state index in [1.807, 2.05) is 61.0 Å². The van der Waals surface area contributed by atoms with Gasteiger partial charge in [-0.05, 0) is 94.2 Å². The Morgan fingerprint density at radius 3 is 2.54 bits per heavy atom. The van der Waals surface area contributed by atoms with Gasteiger partial charge in [0.05, 0.1) is 12.3 Å². The van der Waals surface area contributed by atoms with Gasteiger partial charge in [0, 0.05) is 142 Å². The third-order valence-corrected chi connectivity index (χ3v) is 16.3. The fourth-order valence-corrected chi connectivity index (χ4v) is 11.6. The van der Waals surface area contributed by atoms with Crippen LogP contribution in [0.1, 0.15) is 94.2 Å². The normalized spacial score (nSPS) is 20.3. The molecule has 0 radical (unpaired) electrons. The zero-order valence-corrected chi connectivity index (χ0v) is 41.0. The standard InChI is InChI=1S/C49H66FN9O7S2/c1-49(2,30-44(60)55-54-42-8-5-18-56(3)43-28-37(12-13-38(42)43)66-25-6-9-46(62)63)68-67-26-16-45(61)58-23-21-57(22-24-58)36-14-19-59(20-15-36)48(65)52-32-34-10-11-35(27-41(34)50)53-47(64)40-29-39(40)33-7-4-17-51-31-33/h4,7,10-13,17,27-28,31,36,39-40,48,52,65H,5-6,8-9,14-16,18-26,29-30,32H2,1-3H3,(H,53,64)(H,55,60)(H,62,63)/b54-42+. The zero-order chi connectivity index (χ0) is 48.2. The van der Waals surface area contributed by atoms with E-state index in [4.69, 9.17) is 9.84 Å². The molecule has 0 spiro atoms. The van der Waals surface area contributed by atoms with Crippen LogP contribution in [-0.2, 0) is 25.7 Å². The Labute approximate surface area is 406 Å². The van der Waals surface area contributed by atoms with Gasteiger partial charge in [0.1, 0.15) is 11.6 Å². The molecule has 2 saturated heterocycles. The number of hydrogen-bond acceptors (Lipinski definition) is 14. The number of carboxylic acids is 1. The molecule has 16 nitrogen and oxygen atoms in total. The van der Waals surface area contributed by atoms with Crippen molar-refractivity contribution in [1.29, 1.82) is 0 Å². The third-order valence-electron chi connectivity index (χ3n) is 13.1. The summed E-state index contributed by atoms with van der Waals surface area (Å²) in [6.45, 7) is 9.68. The van der Waals surface area contributed by atoms with E-state index < -0.39 is 18.1 Å². The van der Waals surface area contributed by atoms with Crippen molar-refractivity contribution in [2.75, 3.05) is 75.4 Å². The number of pyridine rings is 1. The van der Waals surface area contributed by atoms with Crippen molar-refractivity contribution in [2.24, 2.45) is 11.0 Å². The SMILES string of the molecule is CN1CCC/C(=N\NC(=O)CC(C)(C)SSCCC(=O)N2CCN(C3CCN(C(O)NCc4ccc(NC(=O)C5CC5c5cccnc5)cc4F)CC3)CC2)c2ccc(OCCCC(=O)O)cc21. The molecule has 1 aromatic heterocycles. The number of halogens is 1. The number of carbonyl (C=O) groups excluding carboxylic acids is 3. The first-order valence-corrected chi connectivity index (χ1v) is 26.1. The Balaban J connectivity index is 0.751. The van der Waals surface area contributed by atoms with Crippen LogP contribution in [0.5, 0.6) is 5.75 Å². The van der Waals surface area contributed by atoms with E-state index in [1.54, 1.807) is 46.1 Å². The second-order valence-electron chi connectivity index (χ2n) is 18.7. The number of aromatic nitrogens is 1. The fraction of sp³-hybridized carbons (Fsp3) is 0.551. The average molecular weight is 976 g/mol. The van der Waals surface area contributed by atoms with E-state index >= 15 is 4.39 Å². The number of nitrogens with one attached hydrogen (secondary N) is 3. The molecule has 3 atom stereocenters. The van der Waals surface area contributed by atoms with Gasteiger partial charge < -0.3 is 30.1 Å². The van der Waals surface area contributed by atoms with Crippen LogP contribution in [0.2, 0.25) is 0 Å². The highest BCUT2D eigenvalue weighted by Gasteiger charge is 2.44. The van der Waals surface area contributed by atoms with Gasteiger partial charge in [-0.3, -0.25) is 39.3 Å². The van der Waals surface area contributed by atoms with Crippen LogP contribution in [0.3, 0.4) is 0 Å². The number of aliphatic carboxylic acids is 1. The number of hydrazone groups is 1. The number of aliphatic hydroxyl groups excluding tert-OH is 1. The number of piperazine rings is 1. The van der Waals surface area contributed by atoms with Crippen LogP contribution in [0.25, 0.3) is 0 Å². The fourth-order valence-electron chi connectivity index (χ4n) is 9.12. The molecule has 19 heteroatoms. The second kappa shape index (κ2) is 24.2. The number of rotatable bonds is 21. The maximum atomic E-state index is 15.0. The van der Waals surface area contributed by atoms with Crippen molar-refractivity contribution >= 4 is 62.4 Å². The lowest BCUT2D eigenvalue weighted by atomic mass is 10.0. The lowest BCUT2D eigenvalue weighted by Gasteiger charge is -2.43. The third kappa shape index (κ3) is 14.6. The first-order valence-electron chi connectivity index (χ1n) is 23.8. The summed E-state index contributed by atoms with van der Waals surface area (Å²) in [6, 6.07) is 14.6. The van der Waals surface area contributed by atoms with Gasteiger partial charge >= 0.3 is 5.97 Å². The number of aliphatic hydroxyl groups is 1. The lowest BCUT2D eigenvalue weighted by molar-refractivity contribution is -0.137. The highest BCUT2D eigenvalue weighted by molar-refractivity contribution is 8.77. The van der Waals surface area contributed by atoms with Gasteiger partial charge in [0.15, 0.2) is 6.35 Å². The summed E-state index contributed by atoms with van der Waals surface area (Å²) in [5.41, 5.74) is 7.31. The summed E-state index contributed by atoms with van der Waals surface area (Å²) in [4.78, 5) is 62.5. The summed E-state index contributed by atoms with van der Waals surface area (Å²) in [5, 5.41) is 30.3. The minimum Gasteiger partial charge on any atom is -0.494 e. The molecule has 2 aromatic carbocycles. The molecule has 3 amide bonds. The number of carboxylic acid groups (broad SMARTS) is 1. The molecule has 368 valence electrons. The summed E-state index contributed by atoms with van der Waals surface area (Å²) in [6.07, 6.45) is 7.83. The van der Waals surface area contributed by atoms with Gasteiger partial charge in [-0.25, -0.2) is 9.82 Å². The molecule has 1 aliphatic carbocycles. The maximum Gasteiger partial charge on any atom is 0.303 e. The van der Waals surface area contributed by atoms with E-state index in [2.05, 4.69) is 35.9 Å². The molecule has 4 heterocycles. The van der Waals surface area contributed by atoms with Gasteiger partial charge in [0.25, 0.3) is 0 Å². The summed E-state index contributed by atoms with van der Waals surface area (Å²) in [7, 11) is 5.23. The van der Waals surface area contributed by atoms with Crippen molar-refractivity contribution in [1.82, 2.24) is 30.4 Å². The van der Waals surface area contributed by atoms with Crippen molar-refractivity contribution in [3.05, 3.63) is 83.4 Å². The first-order chi connectivity index (χ1) is 32.7. The quantitative estimate of drug-likeness (QED) is 0.0369. The van der Waals surface area contributed by atoms with Gasteiger partial charge in [-0.15, -0.1) is 0 Å². The highest BCUT2D eigenvalue weighted by Crippen LogP contribution is 2.47. The van der Waals surface area contributed by atoms with E-state index in [9.17, 15) is 24.3 Å². The topological polar surface area (TPSA) is 192 Å². The predicted octanol–water partition coefficient (Wildman–Crippen LogP) is 5.87. The lowest BCUT2D eigenvalue weighted by Crippen LogP contribution is -2.56. The van der Waals surface area contributed by atoms with Gasteiger partial charge in [-0.1, -0.05) is 33.7 Å². The van der Waals surface area contributed by atoms with Crippen LogP contribution >= 0.6 is 21.6 Å². The molecule has 5 N–H and O–H groups in total. The molecule has 0 bridgehead atoms. The minimum absolute atomic E-state index is 0.0547. The Morgan fingerprint density at radius 2 is 1.81 bits per heavy atom. The second-order valence-corrected chi connectivity index (χ2v) is 21.8. The molecule has 68 heavy (non-hydrogen) atoms. The summed E-state index contributed by atoms with van der Waals surface area (Å²) >= 11 is 0. The molecule has 3 unspecified atom stereocenters. The molecule has 4 aliphatic rings. The highest BCUT2D eigenvalue weighted by atomic mass is 33.1. The number of fused-ring (bicyclic) bond motifs is 1. The van der Waals surface area contributed by atoms with Crippen molar-refractivity contribution < 1.29 is 38.5 Å². The van der Waals surface area contributed by atoms with Crippen LogP contribution in [0.4, 0.5) is 15.8 Å². The Kier molecular flexibility index (Phi) is 18.1. The van der Waals surface area contributed by atoms with Crippen LogP contribution in [0, 0.1) is 11.7 Å². The molecular weight excluding hydrogens is 910 g/mol. The number of ether oxygens (including phenoxy) is 1. The van der Waals surface area contributed by atoms with E-state index in [1.165, 1.54) is 6.07 Å². The number of likely N-dealkylation sites (tertiary alicyclic amines) is 1. The number of benzene rings is 2. The number of piperidine rings is 1. The minimum atomic E-state index is -0.919. The Bertz CT molecular complexity index is 2240. The van der Waals surface area contributed by atoms with E-state index in [0.717, 1.165) is 67.8 Å². The Hall–Kier alpha value is -4.79. The van der Waals surface area contributed by atoms with Crippen LogP contribution < -0.4 is 25.7 Å². The predicted molar refractivity (Wildman–Crippen MR) is 265 cm³/mol. The largest absolute Gasteiger partial charge is 0.494 e. The number of carbonyl (C=O) groups is 4. The maximum absolute atomic E-state index is 15.0. The molecule has 3 fully saturated rings. The molecule has 1 saturated carbocycles. The monoisotopic (exact) mass is 975 g/mol. The van der Waals surface area contributed by atoms with Crippen molar-refractivity contribution in [3.8, 4) is 5.75 Å². The van der Waals surface area contributed by atoms with E-state index in [-0.39, 0.29) is 53.7 Å². The first kappa shape index (κ1) is 51.1. The molecule has 3 aromatic rings. The van der Waals surface area contributed by atoms with Crippen molar-refractivity contribution in [3.63, 3.8) is 0 Å². The van der Waals surface area contributed by atoms with E-state index in [0.29, 0.717) is 80.8 Å². The number of nitrogens with zero attached hydrogens (tertiary/aromatic N) is 6. The summed E-state index contributed by atoms with van der Waals surface area (Å²) < 4.78 is 20.5. The average Bonchev–Trinajstić information content (AvgIpc) is 4.16. The zero-order valence-electron chi connectivity index (χ0n) is 39.3. The molecular formula is C49H66FN9O7S2. The van der Waals surface area contributed by atoms with Crippen molar-refractivity contribution in [2.45, 2.75) is 101 Å². The smallest absolute Gasteiger partial charge is 0.303 e.